The fourth-order valence-corrected chi connectivity index (χ4v) is 0.945. The van der Waals surface area contributed by atoms with Crippen molar-refractivity contribution in [3.8, 4) is 0 Å². The average molecular weight is 126 g/mol. The Bertz CT molecular complexity index is 99.1. The van der Waals surface area contributed by atoms with Gasteiger partial charge in [-0.15, -0.1) is 0 Å². The van der Waals surface area contributed by atoms with Gasteiger partial charge in [0.05, 0.1) is 0 Å². The summed E-state index contributed by atoms with van der Waals surface area (Å²) in [6.07, 6.45) is 6.53. The molecule has 0 saturated heterocycles. The zero-order chi connectivity index (χ0) is 6.53. The third-order valence-electron chi connectivity index (χ3n) is 1.50. The van der Waals surface area contributed by atoms with Gasteiger partial charge in [-0.25, -0.2) is 0 Å². The SMILES string of the molecule is N[C@H]1C/C=C\CCNC1. The molecule has 0 saturated carbocycles. The Balaban J connectivity index is 2.28. The number of rotatable bonds is 0. The van der Waals surface area contributed by atoms with Gasteiger partial charge in [-0.05, 0) is 19.4 Å². The first-order chi connectivity index (χ1) is 4.39. The van der Waals surface area contributed by atoms with E-state index in [2.05, 4.69) is 17.5 Å². The Labute approximate surface area is 56.1 Å². The summed E-state index contributed by atoms with van der Waals surface area (Å²) in [5.74, 6) is 0. The third kappa shape index (κ3) is 2.63. The van der Waals surface area contributed by atoms with Gasteiger partial charge in [0.25, 0.3) is 0 Å². The standard InChI is InChI=1S/C7H14N2/c8-7-4-2-1-3-5-9-6-7/h1-2,7,9H,3-6,8H2/b2-1-/t7-/m0/s1. The van der Waals surface area contributed by atoms with Gasteiger partial charge >= 0.3 is 0 Å². The molecule has 0 spiro atoms. The highest BCUT2D eigenvalue weighted by molar-refractivity contribution is 4.88. The molecule has 0 fully saturated rings. The minimum Gasteiger partial charge on any atom is -0.326 e. The maximum Gasteiger partial charge on any atom is 0.0200 e. The van der Waals surface area contributed by atoms with Crippen LogP contribution in [-0.2, 0) is 0 Å². The molecule has 2 heteroatoms. The van der Waals surface area contributed by atoms with Crippen LogP contribution in [0.3, 0.4) is 0 Å². The van der Waals surface area contributed by atoms with E-state index in [0.717, 1.165) is 25.9 Å². The van der Waals surface area contributed by atoms with E-state index in [1.807, 2.05) is 0 Å². The minimum atomic E-state index is 0.321. The van der Waals surface area contributed by atoms with Gasteiger partial charge in [0, 0.05) is 12.6 Å². The van der Waals surface area contributed by atoms with Crippen molar-refractivity contribution in [3.05, 3.63) is 12.2 Å². The van der Waals surface area contributed by atoms with Crippen LogP contribution in [0.25, 0.3) is 0 Å². The van der Waals surface area contributed by atoms with Gasteiger partial charge in [-0.3, -0.25) is 0 Å². The molecule has 9 heavy (non-hydrogen) atoms. The lowest BCUT2D eigenvalue weighted by Gasteiger charge is -2.11. The highest BCUT2D eigenvalue weighted by Crippen LogP contribution is 1.93. The second kappa shape index (κ2) is 3.64. The molecule has 0 amide bonds. The molecule has 1 atom stereocenters. The number of hydrogen-bond acceptors (Lipinski definition) is 2. The summed E-state index contributed by atoms with van der Waals surface area (Å²) in [6.45, 7) is 2.04. The van der Waals surface area contributed by atoms with Gasteiger partial charge in [-0.1, -0.05) is 12.2 Å². The maximum absolute atomic E-state index is 5.69. The largest absolute Gasteiger partial charge is 0.326 e. The summed E-state index contributed by atoms with van der Waals surface area (Å²) >= 11 is 0. The fraction of sp³-hybridized carbons (Fsp3) is 0.714. The Kier molecular flexibility index (Phi) is 2.74. The molecule has 0 aromatic heterocycles. The van der Waals surface area contributed by atoms with Crippen molar-refractivity contribution in [2.45, 2.75) is 18.9 Å². The van der Waals surface area contributed by atoms with Crippen LogP contribution in [-0.4, -0.2) is 19.1 Å². The third-order valence-corrected chi connectivity index (χ3v) is 1.50. The first-order valence-corrected chi connectivity index (χ1v) is 3.51. The molecule has 1 aliphatic heterocycles. The van der Waals surface area contributed by atoms with E-state index in [1.165, 1.54) is 0 Å². The van der Waals surface area contributed by atoms with E-state index in [-0.39, 0.29) is 0 Å². The molecule has 0 aliphatic carbocycles. The molecule has 0 unspecified atom stereocenters. The first-order valence-electron chi connectivity index (χ1n) is 3.51. The highest BCUT2D eigenvalue weighted by atomic mass is 14.9. The molecule has 1 aliphatic rings. The van der Waals surface area contributed by atoms with E-state index in [4.69, 9.17) is 5.73 Å². The van der Waals surface area contributed by atoms with Crippen molar-refractivity contribution < 1.29 is 0 Å². The van der Waals surface area contributed by atoms with Crippen LogP contribution < -0.4 is 11.1 Å². The number of nitrogens with two attached hydrogens (primary N) is 1. The molecular formula is C7H14N2. The number of nitrogens with one attached hydrogen (secondary N) is 1. The Morgan fingerprint density at radius 3 is 3.22 bits per heavy atom. The second-order valence-electron chi connectivity index (χ2n) is 2.46. The van der Waals surface area contributed by atoms with Crippen LogP contribution in [0.4, 0.5) is 0 Å². The summed E-state index contributed by atoms with van der Waals surface area (Å²) < 4.78 is 0. The molecule has 0 bridgehead atoms. The zero-order valence-electron chi connectivity index (χ0n) is 5.64. The van der Waals surface area contributed by atoms with Gasteiger partial charge in [-0.2, -0.15) is 0 Å². The van der Waals surface area contributed by atoms with Crippen LogP contribution in [0, 0.1) is 0 Å². The lowest BCUT2D eigenvalue weighted by atomic mass is 10.1. The summed E-state index contributed by atoms with van der Waals surface area (Å²) in [4.78, 5) is 0. The molecule has 1 heterocycles. The summed E-state index contributed by atoms with van der Waals surface area (Å²) in [6, 6.07) is 0.321. The molecule has 0 aromatic carbocycles. The molecule has 52 valence electrons. The predicted octanol–water partition coefficient (Wildman–Crippen LogP) is 0.253. The van der Waals surface area contributed by atoms with E-state index in [1.54, 1.807) is 0 Å². The monoisotopic (exact) mass is 126 g/mol. The predicted molar refractivity (Wildman–Crippen MR) is 39.2 cm³/mol. The normalized spacial score (nSPS) is 32.8. The quantitative estimate of drug-likeness (QED) is 0.457. The Morgan fingerprint density at radius 2 is 2.33 bits per heavy atom. The van der Waals surface area contributed by atoms with E-state index in [0.29, 0.717) is 6.04 Å². The average Bonchev–Trinajstić information content (AvgIpc) is 1.79. The molecule has 1 rings (SSSR count). The Hall–Kier alpha value is -0.340. The van der Waals surface area contributed by atoms with Crippen LogP contribution >= 0.6 is 0 Å². The van der Waals surface area contributed by atoms with Gasteiger partial charge in [0.1, 0.15) is 0 Å². The van der Waals surface area contributed by atoms with Crippen molar-refractivity contribution >= 4 is 0 Å². The van der Waals surface area contributed by atoms with Gasteiger partial charge < -0.3 is 11.1 Å². The van der Waals surface area contributed by atoms with Crippen LogP contribution in [0.1, 0.15) is 12.8 Å². The summed E-state index contributed by atoms with van der Waals surface area (Å²) in [5.41, 5.74) is 5.69. The van der Waals surface area contributed by atoms with E-state index >= 15 is 0 Å². The molecule has 0 radical (unpaired) electrons. The van der Waals surface area contributed by atoms with Crippen LogP contribution in [0.2, 0.25) is 0 Å². The smallest absolute Gasteiger partial charge is 0.0200 e. The summed E-state index contributed by atoms with van der Waals surface area (Å²) in [5, 5.41) is 3.26. The lowest BCUT2D eigenvalue weighted by Crippen LogP contribution is -2.34. The molecule has 3 N–H and O–H groups in total. The van der Waals surface area contributed by atoms with Crippen molar-refractivity contribution in [3.63, 3.8) is 0 Å². The van der Waals surface area contributed by atoms with Crippen molar-refractivity contribution in [1.29, 1.82) is 0 Å². The van der Waals surface area contributed by atoms with Crippen molar-refractivity contribution in [2.24, 2.45) is 5.73 Å². The highest BCUT2D eigenvalue weighted by Gasteiger charge is 1.99. The fourth-order valence-electron chi connectivity index (χ4n) is 0.945. The van der Waals surface area contributed by atoms with Crippen molar-refractivity contribution in [2.75, 3.05) is 13.1 Å². The zero-order valence-corrected chi connectivity index (χ0v) is 5.64. The molecular weight excluding hydrogens is 112 g/mol. The van der Waals surface area contributed by atoms with Crippen molar-refractivity contribution in [1.82, 2.24) is 5.32 Å². The van der Waals surface area contributed by atoms with Crippen LogP contribution in [0.5, 0.6) is 0 Å². The van der Waals surface area contributed by atoms with Gasteiger partial charge in [0.15, 0.2) is 0 Å². The Morgan fingerprint density at radius 1 is 1.44 bits per heavy atom. The molecule has 2 nitrogen and oxygen atoms in total. The van der Waals surface area contributed by atoms with Crippen LogP contribution in [0.15, 0.2) is 12.2 Å². The summed E-state index contributed by atoms with van der Waals surface area (Å²) in [7, 11) is 0. The van der Waals surface area contributed by atoms with Gasteiger partial charge in [0.2, 0.25) is 0 Å². The maximum atomic E-state index is 5.69. The minimum absolute atomic E-state index is 0.321. The molecule has 0 aromatic rings. The second-order valence-corrected chi connectivity index (χ2v) is 2.46. The topological polar surface area (TPSA) is 38.0 Å². The number of hydrogen-bond donors (Lipinski definition) is 2. The van der Waals surface area contributed by atoms with E-state index in [9.17, 15) is 0 Å². The lowest BCUT2D eigenvalue weighted by molar-refractivity contribution is 0.573. The first kappa shape index (κ1) is 6.78. The van der Waals surface area contributed by atoms with E-state index < -0.39 is 0 Å².